The van der Waals surface area contributed by atoms with Crippen molar-refractivity contribution in [1.82, 2.24) is 15.0 Å². The first-order valence-corrected chi connectivity index (χ1v) is 10.5. The summed E-state index contributed by atoms with van der Waals surface area (Å²) in [6.07, 6.45) is 0. The Hall–Kier alpha value is -3.39. The van der Waals surface area contributed by atoms with Crippen molar-refractivity contribution in [2.45, 2.75) is 19.8 Å². The van der Waals surface area contributed by atoms with Gasteiger partial charge >= 0.3 is 0 Å². The number of rotatable bonds is 7. The third kappa shape index (κ3) is 5.40. The number of morpholine rings is 1. The van der Waals surface area contributed by atoms with Crippen LogP contribution in [0.3, 0.4) is 0 Å². The molecule has 0 saturated carbocycles. The molecule has 162 valence electrons. The molecule has 0 bridgehead atoms. The number of ether oxygens (including phenoxy) is 2. The second-order valence-electron chi connectivity index (χ2n) is 7.64. The third-order valence-electron chi connectivity index (χ3n) is 5.10. The monoisotopic (exact) mass is 420 g/mol. The molecule has 31 heavy (non-hydrogen) atoms. The first kappa shape index (κ1) is 20.9. The highest BCUT2D eigenvalue weighted by Crippen LogP contribution is 2.23. The van der Waals surface area contributed by atoms with E-state index < -0.39 is 0 Å². The maximum Gasteiger partial charge on any atom is 0.233 e. The minimum absolute atomic E-state index is 0.475. The van der Waals surface area contributed by atoms with Gasteiger partial charge in [-0.15, -0.1) is 0 Å². The molecule has 2 N–H and O–H groups in total. The van der Waals surface area contributed by atoms with Crippen LogP contribution in [0.1, 0.15) is 25.3 Å². The van der Waals surface area contributed by atoms with Gasteiger partial charge < -0.3 is 25.0 Å². The minimum Gasteiger partial charge on any atom is -0.497 e. The van der Waals surface area contributed by atoms with Crippen LogP contribution in [0.15, 0.2) is 48.5 Å². The molecule has 1 fully saturated rings. The Morgan fingerprint density at radius 1 is 0.839 bits per heavy atom. The summed E-state index contributed by atoms with van der Waals surface area (Å²) in [6, 6.07) is 16.0. The van der Waals surface area contributed by atoms with Crippen molar-refractivity contribution in [2.24, 2.45) is 0 Å². The summed E-state index contributed by atoms with van der Waals surface area (Å²) >= 11 is 0. The van der Waals surface area contributed by atoms with Gasteiger partial charge in [0.05, 0.1) is 20.3 Å². The van der Waals surface area contributed by atoms with Crippen molar-refractivity contribution in [1.29, 1.82) is 0 Å². The highest BCUT2D eigenvalue weighted by atomic mass is 16.5. The number of anilines is 5. The van der Waals surface area contributed by atoms with Gasteiger partial charge in [-0.05, 0) is 47.9 Å². The minimum atomic E-state index is 0.475. The Morgan fingerprint density at radius 2 is 1.39 bits per heavy atom. The molecule has 8 nitrogen and oxygen atoms in total. The number of nitrogens with zero attached hydrogens (tertiary/aromatic N) is 4. The largest absolute Gasteiger partial charge is 0.497 e. The van der Waals surface area contributed by atoms with Crippen molar-refractivity contribution in [3.05, 3.63) is 54.1 Å². The highest BCUT2D eigenvalue weighted by Gasteiger charge is 2.17. The SMILES string of the molecule is COc1ccc(Nc2nc(Nc3ccc(C(C)C)cc3)nc(N3CCOCC3)n2)cc1. The number of benzene rings is 2. The van der Waals surface area contributed by atoms with Crippen molar-refractivity contribution in [3.8, 4) is 5.75 Å². The fraction of sp³-hybridized carbons (Fsp3) is 0.348. The van der Waals surface area contributed by atoms with E-state index >= 15 is 0 Å². The lowest BCUT2D eigenvalue weighted by atomic mass is 10.0. The topological polar surface area (TPSA) is 84.4 Å². The third-order valence-corrected chi connectivity index (χ3v) is 5.10. The predicted molar refractivity (Wildman–Crippen MR) is 123 cm³/mol. The first-order chi connectivity index (χ1) is 15.1. The van der Waals surface area contributed by atoms with E-state index in [4.69, 9.17) is 9.47 Å². The quantitative estimate of drug-likeness (QED) is 0.584. The van der Waals surface area contributed by atoms with E-state index in [1.54, 1.807) is 7.11 Å². The number of hydrogen-bond donors (Lipinski definition) is 2. The van der Waals surface area contributed by atoms with Crippen LogP contribution in [0, 0.1) is 0 Å². The summed E-state index contributed by atoms with van der Waals surface area (Å²) in [5, 5.41) is 6.58. The molecule has 1 aromatic heterocycles. The summed E-state index contributed by atoms with van der Waals surface area (Å²) in [5.74, 6) is 2.87. The number of methoxy groups -OCH3 is 1. The van der Waals surface area contributed by atoms with E-state index in [0.29, 0.717) is 37.0 Å². The Kier molecular flexibility index (Phi) is 6.47. The molecule has 1 saturated heterocycles. The maximum atomic E-state index is 5.47. The molecule has 0 radical (unpaired) electrons. The van der Waals surface area contributed by atoms with Crippen LogP contribution in [0.25, 0.3) is 0 Å². The molecule has 1 aliphatic rings. The molecule has 0 unspecified atom stereocenters. The number of nitrogens with one attached hydrogen (secondary N) is 2. The maximum absolute atomic E-state index is 5.47. The fourth-order valence-electron chi connectivity index (χ4n) is 3.27. The molecule has 0 amide bonds. The molecule has 2 aromatic carbocycles. The lowest BCUT2D eigenvalue weighted by Gasteiger charge is -2.27. The lowest BCUT2D eigenvalue weighted by molar-refractivity contribution is 0.122. The second kappa shape index (κ2) is 9.61. The molecule has 1 aliphatic heterocycles. The van der Waals surface area contributed by atoms with Gasteiger partial charge in [0.2, 0.25) is 17.8 Å². The molecule has 4 rings (SSSR count). The molecule has 8 heteroatoms. The number of aromatic nitrogens is 3. The highest BCUT2D eigenvalue weighted by molar-refractivity contribution is 5.60. The normalized spacial score (nSPS) is 13.9. The van der Waals surface area contributed by atoms with Crippen molar-refractivity contribution in [2.75, 3.05) is 48.9 Å². The Labute approximate surface area is 182 Å². The molecule has 0 atom stereocenters. The second-order valence-corrected chi connectivity index (χ2v) is 7.64. The first-order valence-electron chi connectivity index (χ1n) is 10.5. The van der Waals surface area contributed by atoms with Crippen LogP contribution in [0.2, 0.25) is 0 Å². The molecule has 3 aromatic rings. The van der Waals surface area contributed by atoms with Crippen molar-refractivity contribution in [3.63, 3.8) is 0 Å². The van der Waals surface area contributed by atoms with Gasteiger partial charge in [-0.2, -0.15) is 15.0 Å². The van der Waals surface area contributed by atoms with E-state index in [9.17, 15) is 0 Å². The van der Waals surface area contributed by atoms with Crippen LogP contribution in [-0.4, -0.2) is 48.4 Å². The zero-order valence-electron chi connectivity index (χ0n) is 18.1. The van der Waals surface area contributed by atoms with Crippen LogP contribution in [0.5, 0.6) is 5.75 Å². The van der Waals surface area contributed by atoms with Gasteiger partial charge in [-0.3, -0.25) is 0 Å². The van der Waals surface area contributed by atoms with Gasteiger partial charge in [0, 0.05) is 24.5 Å². The lowest BCUT2D eigenvalue weighted by Crippen LogP contribution is -2.37. The van der Waals surface area contributed by atoms with E-state index in [1.807, 2.05) is 36.4 Å². The number of hydrogen-bond acceptors (Lipinski definition) is 8. The van der Waals surface area contributed by atoms with Gasteiger partial charge in [-0.1, -0.05) is 26.0 Å². The van der Waals surface area contributed by atoms with Crippen LogP contribution < -0.4 is 20.3 Å². The van der Waals surface area contributed by atoms with Crippen LogP contribution in [0.4, 0.5) is 29.2 Å². The zero-order chi connectivity index (χ0) is 21.6. The smallest absolute Gasteiger partial charge is 0.233 e. The van der Waals surface area contributed by atoms with Crippen molar-refractivity contribution >= 4 is 29.2 Å². The molecule has 0 spiro atoms. The van der Waals surface area contributed by atoms with Gasteiger partial charge in [0.15, 0.2) is 0 Å². The molecule has 0 aliphatic carbocycles. The predicted octanol–water partition coefficient (Wildman–Crippen LogP) is 4.33. The van der Waals surface area contributed by atoms with Gasteiger partial charge in [0.1, 0.15) is 5.75 Å². The molecule has 2 heterocycles. The summed E-state index contributed by atoms with van der Waals surface area (Å²) in [5.41, 5.74) is 3.09. The van der Waals surface area contributed by atoms with Crippen molar-refractivity contribution < 1.29 is 9.47 Å². The average Bonchev–Trinajstić information content (AvgIpc) is 2.80. The molecular weight excluding hydrogens is 392 g/mol. The zero-order valence-corrected chi connectivity index (χ0v) is 18.1. The summed E-state index contributed by atoms with van der Waals surface area (Å²) in [7, 11) is 1.65. The Morgan fingerprint density at radius 3 is 1.90 bits per heavy atom. The Balaban J connectivity index is 1.60. The standard InChI is InChI=1S/C23H28N6O2/c1-16(2)17-4-6-18(7-5-17)24-21-26-22(25-19-8-10-20(30-3)11-9-19)28-23(27-21)29-12-14-31-15-13-29/h4-11,16H,12-15H2,1-3H3,(H2,24,25,26,27,28). The van der Waals surface area contributed by atoms with E-state index in [2.05, 4.69) is 56.5 Å². The Bertz CT molecular complexity index is 986. The van der Waals surface area contributed by atoms with Crippen LogP contribution >= 0.6 is 0 Å². The van der Waals surface area contributed by atoms with E-state index in [0.717, 1.165) is 30.2 Å². The van der Waals surface area contributed by atoms with E-state index in [-0.39, 0.29) is 0 Å². The fourth-order valence-corrected chi connectivity index (χ4v) is 3.27. The average molecular weight is 421 g/mol. The van der Waals surface area contributed by atoms with Gasteiger partial charge in [0.25, 0.3) is 0 Å². The van der Waals surface area contributed by atoms with Crippen LogP contribution in [-0.2, 0) is 4.74 Å². The summed E-state index contributed by atoms with van der Waals surface area (Å²) in [6.45, 7) is 7.17. The summed E-state index contributed by atoms with van der Waals surface area (Å²) in [4.78, 5) is 16.0. The summed E-state index contributed by atoms with van der Waals surface area (Å²) < 4.78 is 10.7. The van der Waals surface area contributed by atoms with Gasteiger partial charge in [-0.25, -0.2) is 0 Å². The van der Waals surface area contributed by atoms with E-state index in [1.165, 1.54) is 5.56 Å². The molecular formula is C23H28N6O2.